The number of rotatable bonds is 3. The van der Waals surface area contributed by atoms with E-state index >= 15 is 0 Å². The molecule has 16 heavy (non-hydrogen) atoms. The number of benzene rings is 1. The highest BCUT2D eigenvalue weighted by molar-refractivity contribution is 5.15. The highest BCUT2D eigenvalue weighted by Crippen LogP contribution is 2.29. The molecule has 1 aromatic rings. The summed E-state index contributed by atoms with van der Waals surface area (Å²) in [4.78, 5) is 2.66. The Morgan fingerprint density at radius 3 is 2.56 bits per heavy atom. The maximum Gasteiger partial charge on any atom is 0.0236 e. The molecule has 0 spiro atoms. The van der Waals surface area contributed by atoms with Gasteiger partial charge in [-0.05, 0) is 23.8 Å². The van der Waals surface area contributed by atoms with Gasteiger partial charge in [0.1, 0.15) is 0 Å². The van der Waals surface area contributed by atoms with Gasteiger partial charge < -0.3 is 0 Å². The zero-order valence-electron chi connectivity index (χ0n) is 10.7. The van der Waals surface area contributed by atoms with Crippen LogP contribution < -0.4 is 0 Å². The molecule has 0 unspecified atom stereocenters. The first-order chi connectivity index (χ1) is 7.66. The molecule has 1 saturated heterocycles. The van der Waals surface area contributed by atoms with Gasteiger partial charge in [-0.3, -0.25) is 4.90 Å². The van der Waals surface area contributed by atoms with Gasteiger partial charge in [0.15, 0.2) is 0 Å². The first-order valence-electron chi connectivity index (χ1n) is 6.45. The van der Waals surface area contributed by atoms with Crippen LogP contribution in [0, 0.1) is 11.8 Å². The first kappa shape index (κ1) is 11.7. The molecule has 1 aromatic carbocycles. The van der Waals surface area contributed by atoms with Gasteiger partial charge in [0.2, 0.25) is 0 Å². The van der Waals surface area contributed by atoms with Gasteiger partial charge in [0, 0.05) is 19.1 Å². The fraction of sp³-hybridized carbons (Fsp3) is 0.600. The summed E-state index contributed by atoms with van der Waals surface area (Å²) < 4.78 is 0. The smallest absolute Gasteiger partial charge is 0.0236 e. The molecule has 1 heteroatoms. The van der Waals surface area contributed by atoms with Crippen molar-refractivity contribution in [2.45, 2.75) is 39.8 Å². The number of likely N-dealkylation sites (tertiary alicyclic amines) is 1. The van der Waals surface area contributed by atoms with Crippen molar-refractivity contribution in [3.63, 3.8) is 0 Å². The molecule has 2 atom stereocenters. The molecule has 0 bridgehead atoms. The zero-order valence-corrected chi connectivity index (χ0v) is 10.7. The van der Waals surface area contributed by atoms with Crippen LogP contribution in [0.4, 0.5) is 0 Å². The van der Waals surface area contributed by atoms with Gasteiger partial charge >= 0.3 is 0 Å². The van der Waals surface area contributed by atoms with E-state index in [1.54, 1.807) is 0 Å². The van der Waals surface area contributed by atoms with E-state index in [9.17, 15) is 0 Å². The molecule has 2 rings (SSSR count). The lowest BCUT2D eigenvalue weighted by atomic mass is 9.98. The minimum Gasteiger partial charge on any atom is -0.296 e. The molecule has 0 N–H and O–H groups in total. The van der Waals surface area contributed by atoms with Crippen LogP contribution >= 0.6 is 0 Å². The van der Waals surface area contributed by atoms with Gasteiger partial charge in [-0.2, -0.15) is 0 Å². The van der Waals surface area contributed by atoms with Crippen molar-refractivity contribution in [2.24, 2.45) is 11.8 Å². The largest absolute Gasteiger partial charge is 0.296 e. The van der Waals surface area contributed by atoms with E-state index < -0.39 is 0 Å². The molecule has 0 aromatic heterocycles. The van der Waals surface area contributed by atoms with Crippen LogP contribution in [-0.2, 0) is 6.54 Å². The van der Waals surface area contributed by atoms with Crippen molar-refractivity contribution in [2.75, 3.05) is 6.54 Å². The van der Waals surface area contributed by atoms with Crippen LogP contribution in [0.5, 0.6) is 0 Å². The van der Waals surface area contributed by atoms with Crippen LogP contribution in [0.2, 0.25) is 0 Å². The van der Waals surface area contributed by atoms with Gasteiger partial charge in [-0.15, -0.1) is 0 Å². The lowest BCUT2D eigenvalue weighted by molar-refractivity contribution is 0.198. The maximum atomic E-state index is 2.66. The second-order valence-electron chi connectivity index (χ2n) is 5.57. The lowest BCUT2D eigenvalue weighted by Gasteiger charge is -2.27. The molecule has 1 aliphatic rings. The quantitative estimate of drug-likeness (QED) is 0.748. The Morgan fingerprint density at radius 2 is 1.94 bits per heavy atom. The summed E-state index contributed by atoms with van der Waals surface area (Å²) in [6.45, 7) is 9.45. The van der Waals surface area contributed by atoms with Crippen molar-refractivity contribution in [3.05, 3.63) is 35.9 Å². The topological polar surface area (TPSA) is 3.24 Å². The van der Waals surface area contributed by atoms with Crippen molar-refractivity contribution in [3.8, 4) is 0 Å². The Balaban J connectivity index is 2.03. The Hall–Kier alpha value is -0.820. The molecular formula is C15H23N. The number of hydrogen-bond acceptors (Lipinski definition) is 1. The molecule has 0 radical (unpaired) electrons. The standard InChI is InChI=1S/C15H23N/c1-12(2)15-9-13(3)10-16(15)11-14-7-5-4-6-8-14/h4-8,12-13,15H,9-11H2,1-3H3/t13-,15+/m0/s1. The normalized spacial score (nSPS) is 26.5. The van der Waals surface area contributed by atoms with E-state index in [0.717, 1.165) is 24.4 Å². The number of hydrogen-bond donors (Lipinski definition) is 0. The van der Waals surface area contributed by atoms with E-state index in [1.165, 1.54) is 18.5 Å². The molecule has 1 heterocycles. The predicted octanol–water partition coefficient (Wildman–Crippen LogP) is 3.55. The summed E-state index contributed by atoms with van der Waals surface area (Å²) in [5.41, 5.74) is 1.45. The van der Waals surface area contributed by atoms with Crippen LogP contribution in [0.3, 0.4) is 0 Å². The Labute approximate surface area is 99.5 Å². The Morgan fingerprint density at radius 1 is 1.25 bits per heavy atom. The third kappa shape index (κ3) is 2.65. The van der Waals surface area contributed by atoms with Crippen LogP contribution in [0.1, 0.15) is 32.8 Å². The van der Waals surface area contributed by atoms with Gasteiger partial charge in [-0.25, -0.2) is 0 Å². The lowest BCUT2D eigenvalue weighted by Crippen LogP contribution is -2.32. The SMILES string of the molecule is CC(C)[C@H]1C[C@H](C)CN1Cc1ccccc1. The molecule has 88 valence electrons. The summed E-state index contributed by atoms with van der Waals surface area (Å²) in [5, 5.41) is 0. The van der Waals surface area contributed by atoms with Crippen LogP contribution in [0.15, 0.2) is 30.3 Å². The third-order valence-corrected chi connectivity index (χ3v) is 3.66. The minimum absolute atomic E-state index is 0.772. The van der Waals surface area contributed by atoms with E-state index in [4.69, 9.17) is 0 Å². The van der Waals surface area contributed by atoms with Crippen LogP contribution in [-0.4, -0.2) is 17.5 Å². The highest BCUT2D eigenvalue weighted by Gasteiger charge is 2.31. The summed E-state index contributed by atoms with van der Waals surface area (Å²) in [5.74, 6) is 1.63. The van der Waals surface area contributed by atoms with Crippen molar-refractivity contribution >= 4 is 0 Å². The van der Waals surface area contributed by atoms with Gasteiger partial charge in [0.25, 0.3) is 0 Å². The average Bonchev–Trinajstić information content (AvgIpc) is 2.61. The molecule has 1 nitrogen and oxygen atoms in total. The van der Waals surface area contributed by atoms with Crippen molar-refractivity contribution in [1.82, 2.24) is 4.90 Å². The fourth-order valence-electron chi connectivity index (χ4n) is 2.87. The van der Waals surface area contributed by atoms with E-state index in [-0.39, 0.29) is 0 Å². The van der Waals surface area contributed by atoms with Crippen LogP contribution in [0.25, 0.3) is 0 Å². The summed E-state index contributed by atoms with van der Waals surface area (Å²) in [6, 6.07) is 11.6. The van der Waals surface area contributed by atoms with E-state index in [1.807, 2.05) is 0 Å². The van der Waals surface area contributed by atoms with E-state index in [2.05, 4.69) is 56.0 Å². The summed E-state index contributed by atoms with van der Waals surface area (Å²) in [7, 11) is 0. The molecule has 0 aliphatic carbocycles. The monoisotopic (exact) mass is 217 g/mol. The summed E-state index contributed by atoms with van der Waals surface area (Å²) >= 11 is 0. The van der Waals surface area contributed by atoms with Gasteiger partial charge in [0.05, 0.1) is 0 Å². The van der Waals surface area contributed by atoms with E-state index in [0.29, 0.717) is 0 Å². The Kier molecular flexibility index (Phi) is 3.65. The predicted molar refractivity (Wildman–Crippen MR) is 69.3 cm³/mol. The van der Waals surface area contributed by atoms with Crippen molar-refractivity contribution in [1.29, 1.82) is 0 Å². The second kappa shape index (κ2) is 5.01. The average molecular weight is 217 g/mol. The maximum absolute atomic E-state index is 2.66. The van der Waals surface area contributed by atoms with Crippen molar-refractivity contribution < 1.29 is 0 Å². The number of nitrogens with zero attached hydrogens (tertiary/aromatic N) is 1. The third-order valence-electron chi connectivity index (χ3n) is 3.66. The molecule has 1 aliphatic heterocycles. The highest BCUT2D eigenvalue weighted by atomic mass is 15.2. The second-order valence-corrected chi connectivity index (χ2v) is 5.57. The van der Waals surface area contributed by atoms with Gasteiger partial charge in [-0.1, -0.05) is 51.1 Å². The molecule has 0 amide bonds. The molecular weight excluding hydrogens is 194 g/mol. The molecule has 0 saturated carbocycles. The minimum atomic E-state index is 0.772. The molecule has 1 fully saturated rings. The zero-order chi connectivity index (χ0) is 11.5. The first-order valence-corrected chi connectivity index (χ1v) is 6.45. The summed E-state index contributed by atoms with van der Waals surface area (Å²) in [6.07, 6.45) is 1.37. The fourth-order valence-corrected chi connectivity index (χ4v) is 2.87. The Bertz CT molecular complexity index is 317.